The summed E-state index contributed by atoms with van der Waals surface area (Å²) >= 11 is 0. The predicted octanol–water partition coefficient (Wildman–Crippen LogP) is 4.26. The Morgan fingerprint density at radius 2 is 1.72 bits per heavy atom. The topological polar surface area (TPSA) is 79.5 Å². The summed E-state index contributed by atoms with van der Waals surface area (Å²) in [4.78, 5) is 25.2. The first-order valence-corrected chi connectivity index (χ1v) is 9.54. The van der Waals surface area contributed by atoms with Gasteiger partial charge in [-0.15, -0.1) is 0 Å². The molecule has 3 amide bonds. The maximum absolute atomic E-state index is 13.1. The van der Waals surface area contributed by atoms with Crippen molar-refractivity contribution in [3.8, 4) is 5.75 Å². The summed E-state index contributed by atoms with van der Waals surface area (Å²) in [6.07, 6.45) is 0. The number of methoxy groups -OCH3 is 1. The molecular formula is C23H27N3O3. The minimum atomic E-state index is -0.549. The summed E-state index contributed by atoms with van der Waals surface area (Å²) in [5.74, 6) is 0.266. The van der Waals surface area contributed by atoms with Crippen molar-refractivity contribution in [1.29, 1.82) is 0 Å². The first kappa shape index (κ1) is 20.5. The highest BCUT2D eigenvalue weighted by atomic mass is 16.5. The Morgan fingerprint density at radius 3 is 2.34 bits per heavy atom. The SMILES string of the molecule is COc1ccccc1NC(=O)C1=C(C)NC(=O)N[C@H]1c1ccc(C(C)(C)C)cc1. The summed E-state index contributed by atoms with van der Waals surface area (Å²) < 4.78 is 5.32. The van der Waals surface area contributed by atoms with E-state index in [9.17, 15) is 9.59 Å². The molecule has 0 saturated heterocycles. The van der Waals surface area contributed by atoms with Crippen LogP contribution in [-0.2, 0) is 10.2 Å². The Balaban J connectivity index is 1.94. The number of allylic oxidation sites excluding steroid dienone is 1. The number of ether oxygens (including phenoxy) is 1. The number of benzene rings is 2. The molecule has 0 spiro atoms. The Hall–Kier alpha value is -3.28. The monoisotopic (exact) mass is 393 g/mol. The van der Waals surface area contributed by atoms with E-state index in [1.807, 2.05) is 36.4 Å². The molecule has 0 unspecified atom stereocenters. The van der Waals surface area contributed by atoms with Crippen LogP contribution < -0.4 is 20.7 Å². The molecule has 3 N–H and O–H groups in total. The number of hydrogen-bond acceptors (Lipinski definition) is 3. The Kier molecular flexibility index (Phi) is 5.64. The van der Waals surface area contributed by atoms with Gasteiger partial charge in [-0.2, -0.15) is 0 Å². The van der Waals surface area contributed by atoms with Crippen LogP contribution in [0.3, 0.4) is 0 Å². The molecule has 1 aliphatic rings. The number of rotatable bonds is 4. The maximum atomic E-state index is 13.1. The van der Waals surface area contributed by atoms with E-state index >= 15 is 0 Å². The van der Waals surface area contributed by atoms with Gasteiger partial charge in [-0.3, -0.25) is 4.79 Å². The Bertz CT molecular complexity index is 956. The van der Waals surface area contributed by atoms with Crippen LogP contribution in [0.15, 0.2) is 59.8 Å². The van der Waals surface area contributed by atoms with Crippen molar-refractivity contribution in [3.05, 3.63) is 70.9 Å². The molecule has 1 atom stereocenters. The van der Waals surface area contributed by atoms with E-state index in [1.165, 1.54) is 5.56 Å². The van der Waals surface area contributed by atoms with Gasteiger partial charge in [0, 0.05) is 5.70 Å². The average molecular weight is 393 g/mol. The summed E-state index contributed by atoms with van der Waals surface area (Å²) in [5.41, 5.74) is 3.59. The van der Waals surface area contributed by atoms with Gasteiger partial charge in [0.05, 0.1) is 24.4 Å². The highest BCUT2D eigenvalue weighted by Crippen LogP contribution is 2.31. The van der Waals surface area contributed by atoms with E-state index in [2.05, 4.69) is 36.7 Å². The predicted molar refractivity (Wildman–Crippen MR) is 114 cm³/mol. The summed E-state index contributed by atoms with van der Waals surface area (Å²) in [6, 6.07) is 14.3. The lowest BCUT2D eigenvalue weighted by Crippen LogP contribution is -2.46. The quantitative estimate of drug-likeness (QED) is 0.726. The summed E-state index contributed by atoms with van der Waals surface area (Å²) in [5, 5.41) is 8.46. The molecule has 6 heteroatoms. The van der Waals surface area contributed by atoms with Gasteiger partial charge in [-0.05, 0) is 35.6 Å². The van der Waals surface area contributed by atoms with Gasteiger partial charge in [-0.1, -0.05) is 57.2 Å². The fourth-order valence-corrected chi connectivity index (χ4v) is 3.36. The van der Waals surface area contributed by atoms with E-state index in [4.69, 9.17) is 4.74 Å². The van der Waals surface area contributed by atoms with Crippen molar-refractivity contribution < 1.29 is 14.3 Å². The van der Waals surface area contributed by atoms with Crippen LogP contribution in [0.5, 0.6) is 5.75 Å². The van der Waals surface area contributed by atoms with Crippen molar-refractivity contribution >= 4 is 17.6 Å². The van der Waals surface area contributed by atoms with Crippen LogP contribution in [-0.4, -0.2) is 19.0 Å². The van der Waals surface area contributed by atoms with E-state index in [1.54, 1.807) is 26.2 Å². The number of hydrogen-bond donors (Lipinski definition) is 3. The summed E-state index contributed by atoms with van der Waals surface area (Å²) in [6.45, 7) is 8.16. The zero-order valence-corrected chi connectivity index (χ0v) is 17.4. The third kappa shape index (κ3) is 4.42. The van der Waals surface area contributed by atoms with Crippen molar-refractivity contribution in [1.82, 2.24) is 10.6 Å². The lowest BCUT2D eigenvalue weighted by Gasteiger charge is -2.29. The third-order valence-electron chi connectivity index (χ3n) is 4.98. The molecule has 1 aliphatic heterocycles. The minimum absolute atomic E-state index is 0.0196. The van der Waals surface area contributed by atoms with Crippen molar-refractivity contribution in [2.75, 3.05) is 12.4 Å². The van der Waals surface area contributed by atoms with E-state index in [0.29, 0.717) is 22.7 Å². The molecule has 0 bridgehead atoms. The third-order valence-corrected chi connectivity index (χ3v) is 4.98. The van der Waals surface area contributed by atoms with Gasteiger partial charge in [0.15, 0.2) is 0 Å². The molecule has 0 fully saturated rings. The van der Waals surface area contributed by atoms with Gasteiger partial charge in [-0.25, -0.2) is 4.79 Å². The maximum Gasteiger partial charge on any atom is 0.319 e. The van der Waals surface area contributed by atoms with Crippen LogP contribution >= 0.6 is 0 Å². The Labute approximate surface area is 171 Å². The zero-order chi connectivity index (χ0) is 21.2. The largest absolute Gasteiger partial charge is 0.495 e. The lowest BCUT2D eigenvalue weighted by atomic mass is 9.85. The van der Waals surface area contributed by atoms with Crippen molar-refractivity contribution in [2.24, 2.45) is 0 Å². The molecule has 1 heterocycles. The molecule has 0 radical (unpaired) electrons. The normalized spacial score (nSPS) is 16.7. The number of anilines is 1. The lowest BCUT2D eigenvalue weighted by molar-refractivity contribution is -0.113. The molecular weight excluding hydrogens is 366 g/mol. The van der Waals surface area contributed by atoms with Gasteiger partial charge >= 0.3 is 6.03 Å². The average Bonchev–Trinajstić information content (AvgIpc) is 2.67. The number of amides is 3. The second kappa shape index (κ2) is 7.99. The second-order valence-corrected chi connectivity index (χ2v) is 8.10. The van der Waals surface area contributed by atoms with E-state index < -0.39 is 6.04 Å². The van der Waals surface area contributed by atoms with Gasteiger partial charge in [0.1, 0.15) is 5.75 Å². The molecule has 0 aliphatic carbocycles. The molecule has 3 rings (SSSR count). The molecule has 152 valence electrons. The van der Waals surface area contributed by atoms with E-state index in [-0.39, 0.29) is 17.4 Å². The summed E-state index contributed by atoms with van der Waals surface area (Å²) in [7, 11) is 1.55. The van der Waals surface area contributed by atoms with E-state index in [0.717, 1.165) is 5.56 Å². The van der Waals surface area contributed by atoms with Crippen molar-refractivity contribution in [3.63, 3.8) is 0 Å². The number of para-hydroxylation sites is 2. The highest BCUT2D eigenvalue weighted by Gasteiger charge is 2.31. The van der Waals surface area contributed by atoms with Crippen LogP contribution in [0.25, 0.3) is 0 Å². The van der Waals surface area contributed by atoms with Gasteiger partial charge in [0.25, 0.3) is 5.91 Å². The first-order valence-electron chi connectivity index (χ1n) is 9.54. The minimum Gasteiger partial charge on any atom is -0.495 e. The number of carbonyl (C=O) groups is 2. The van der Waals surface area contributed by atoms with Crippen LogP contribution in [0.2, 0.25) is 0 Å². The molecule has 29 heavy (non-hydrogen) atoms. The number of urea groups is 1. The second-order valence-electron chi connectivity index (χ2n) is 8.10. The first-order chi connectivity index (χ1) is 13.7. The number of nitrogens with one attached hydrogen (secondary N) is 3. The Morgan fingerprint density at radius 1 is 1.07 bits per heavy atom. The molecule has 2 aromatic rings. The molecule has 2 aromatic carbocycles. The van der Waals surface area contributed by atoms with Crippen LogP contribution in [0.4, 0.5) is 10.5 Å². The van der Waals surface area contributed by atoms with Crippen LogP contribution in [0, 0.1) is 0 Å². The van der Waals surface area contributed by atoms with Gasteiger partial charge < -0.3 is 20.7 Å². The zero-order valence-electron chi connectivity index (χ0n) is 17.4. The highest BCUT2D eigenvalue weighted by molar-refractivity contribution is 6.07. The fraction of sp³-hybridized carbons (Fsp3) is 0.304. The number of carbonyl (C=O) groups excluding carboxylic acids is 2. The molecule has 0 saturated carbocycles. The smallest absolute Gasteiger partial charge is 0.319 e. The molecule has 6 nitrogen and oxygen atoms in total. The van der Waals surface area contributed by atoms with Crippen LogP contribution in [0.1, 0.15) is 44.9 Å². The van der Waals surface area contributed by atoms with Gasteiger partial charge in [0.2, 0.25) is 0 Å². The molecule has 0 aromatic heterocycles. The fourth-order valence-electron chi connectivity index (χ4n) is 3.36. The van der Waals surface area contributed by atoms with Crippen molar-refractivity contribution in [2.45, 2.75) is 39.2 Å². The standard InChI is InChI=1S/C23H27N3O3/c1-14-19(21(27)25-17-8-6-7-9-18(17)29-5)20(26-22(28)24-14)15-10-12-16(13-11-15)23(2,3)4/h6-13,20H,1-5H3,(H,25,27)(H2,24,26,28)/t20-/m0/s1.